The van der Waals surface area contributed by atoms with Crippen LogP contribution in [0.5, 0.6) is 5.75 Å². The zero-order valence-electron chi connectivity index (χ0n) is 13.3. The van der Waals surface area contributed by atoms with Crippen molar-refractivity contribution in [2.45, 2.75) is 26.5 Å². The highest BCUT2D eigenvalue weighted by Gasteiger charge is 2.00. The summed E-state index contributed by atoms with van der Waals surface area (Å²) in [6, 6.07) is 13.6. The second kappa shape index (κ2) is 8.13. The van der Waals surface area contributed by atoms with Crippen LogP contribution in [0.3, 0.4) is 0 Å². The maximum Gasteiger partial charge on any atom is 0.244 e. The van der Waals surface area contributed by atoms with Gasteiger partial charge in [0.05, 0.1) is 6.10 Å². The van der Waals surface area contributed by atoms with Crippen LogP contribution < -0.4 is 10.1 Å². The minimum atomic E-state index is -0.295. The Morgan fingerprint density at radius 1 is 1.13 bits per heavy atom. The molecule has 0 unspecified atom stereocenters. The first-order chi connectivity index (χ1) is 11.0. The fourth-order valence-electron chi connectivity index (χ4n) is 1.95. The van der Waals surface area contributed by atoms with Gasteiger partial charge in [-0.15, -0.1) is 0 Å². The number of ether oxygens (including phenoxy) is 1. The Morgan fingerprint density at radius 3 is 2.39 bits per heavy atom. The van der Waals surface area contributed by atoms with Crippen molar-refractivity contribution in [2.75, 3.05) is 0 Å². The van der Waals surface area contributed by atoms with E-state index in [1.807, 2.05) is 38.1 Å². The highest BCUT2D eigenvalue weighted by Crippen LogP contribution is 2.13. The Balaban J connectivity index is 1.83. The minimum Gasteiger partial charge on any atom is -0.491 e. The van der Waals surface area contributed by atoms with Crippen molar-refractivity contribution in [1.29, 1.82) is 0 Å². The van der Waals surface area contributed by atoms with E-state index >= 15 is 0 Å². The normalized spacial score (nSPS) is 11.0. The van der Waals surface area contributed by atoms with Crippen LogP contribution in [0.4, 0.5) is 4.39 Å². The summed E-state index contributed by atoms with van der Waals surface area (Å²) in [4.78, 5) is 11.8. The van der Waals surface area contributed by atoms with Crippen LogP contribution in [0.25, 0.3) is 6.08 Å². The topological polar surface area (TPSA) is 38.3 Å². The lowest BCUT2D eigenvalue weighted by atomic mass is 10.2. The van der Waals surface area contributed by atoms with Crippen molar-refractivity contribution < 1.29 is 13.9 Å². The largest absolute Gasteiger partial charge is 0.491 e. The van der Waals surface area contributed by atoms with E-state index in [2.05, 4.69) is 5.32 Å². The van der Waals surface area contributed by atoms with E-state index < -0.39 is 0 Å². The van der Waals surface area contributed by atoms with Gasteiger partial charge in [-0.05, 0) is 55.3 Å². The van der Waals surface area contributed by atoms with E-state index in [9.17, 15) is 9.18 Å². The lowest BCUT2D eigenvalue weighted by Crippen LogP contribution is -2.20. The number of nitrogens with one attached hydrogen (secondary N) is 1. The van der Waals surface area contributed by atoms with Crippen molar-refractivity contribution >= 4 is 12.0 Å². The van der Waals surface area contributed by atoms with Crippen LogP contribution in [0.1, 0.15) is 25.0 Å². The average molecular weight is 313 g/mol. The summed E-state index contributed by atoms with van der Waals surface area (Å²) in [5, 5.41) is 2.80. The molecule has 120 valence electrons. The van der Waals surface area contributed by atoms with Crippen LogP contribution in [0, 0.1) is 5.82 Å². The predicted octanol–water partition coefficient (Wildman–Crippen LogP) is 3.94. The van der Waals surface area contributed by atoms with Gasteiger partial charge in [-0.1, -0.05) is 24.3 Å². The molecule has 1 amide bonds. The second-order valence-corrected chi connectivity index (χ2v) is 5.41. The molecule has 0 atom stereocenters. The maximum atomic E-state index is 12.8. The summed E-state index contributed by atoms with van der Waals surface area (Å²) in [5.41, 5.74) is 1.77. The van der Waals surface area contributed by atoms with Gasteiger partial charge in [0.15, 0.2) is 0 Å². The fraction of sp³-hybridized carbons (Fsp3) is 0.211. The van der Waals surface area contributed by atoms with E-state index in [-0.39, 0.29) is 17.8 Å². The summed E-state index contributed by atoms with van der Waals surface area (Å²) < 4.78 is 18.3. The summed E-state index contributed by atoms with van der Waals surface area (Å²) in [6.07, 6.45) is 3.22. The van der Waals surface area contributed by atoms with Crippen molar-refractivity contribution in [1.82, 2.24) is 5.32 Å². The molecule has 0 aliphatic carbocycles. The zero-order chi connectivity index (χ0) is 16.7. The van der Waals surface area contributed by atoms with Crippen molar-refractivity contribution in [2.24, 2.45) is 0 Å². The van der Waals surface area contributed by atoms with Crippen molar-refractivity contribution in [3.05, 3.63) is 71.6 Å². The van der Waals surface area contributed by atoms with Gasteiger partial charge in [0.1, 0.15) is 11.6 Å². The van der Waals surface area contributed by atoms with Gasteiger partial charge >= 0.3 is 0 Å². The molecule has 0 heterocycles. The van der Waals surface area contributed by atoms with Gasteiger partial charge in [0, 0.05) is 12.6 Å². The van der Waals surface area contributed by atoms with Gasteiger partial charge in [-0.25, -0.2) is 4.39 Å². The first-order valence-corrected chi connectivity index (χ1v) is 7.50. The molecule has 0 fully saturated rings. The Morgan fingerprint density at radius 2 is 1.78 bits per heavy atom. The number of carbonyl (C=O) groups excluding carboxylic acids is 1. The van der Waals surface area contributed by atoms with E-state index in [0.717, 1.165) is 16.9 Å². The summed E-state index contributed by atoms with van der Waals surface area (Å²) in [5.74, 6) is 0.319. The van der Waals surface area contributed by atoms with Crippen molar-refractivity contribution in [3.8, 4) is 5.75 Å². The zero-order valence-corrected chi connectivity index (χ0v) is 13.3. The standard InChI is InChI=1S/C19H20FNO2/c1-14(2)23-18-10-5-16(6-11-18)13-21-19(22)12-7-15-3-8-17(20)9-4-15/h3-12,14H,13H2,1-2H3,(H,21,22)/b12-7+. The average Bonchev–Trinajstić information content (AvgIpc) is 2.53. The highest BCUT2D eigenvalue weighted by atomic mass is 19.1. The molecule has 0 radical (unpaired) electrons. The molecule has 2 aromatic rings. The molecule has 4 heteroatoms. The third kappa shape index (κ3) is 5.94. The van der Waals surface area contributed by atoms with Gasteiger partial charge in [-0.2, -0.15) is 0 Å². The van der Waals surface area contributed by atoms with Crippen LogP contribution in [0.15, 0.2) is 54.6 Å². The van der Waals surface area contributed by atoms with Gasteiger partial charge in [-0.3, -0.25) is 4.79 Å². The van der Waals surface area contributed by atoms with Gasteiger partial charge in [0.25, 0.3) is 0 Å². The number of amides is 1. The molecule has 0 saturated heterocycles. The number of benzene rings is 2. The molecule has 0 bridgehead atoms. The fourth-order valence-corrected chi connectivity index (χ4v) is 1.95. The molecule has 0 aliphatic rings. The molecule has 0 spiro atoms. The molecule has 0 aliphatic heterocycles. The van der Waals surface area contributed by atoms with E-state index in [4.69, 9.17) is 4.74 Å². The van der Waals surface area contributed by atoms with E-state index in [1.165, 1.54) is 18.2 Å². The Labute approximate surface area is 135 Å². The molecule has 0 saturated carbocycles. The predicted molar refractivity (Wildman–Crippen MR) is 89.5 cm³/mol. The quantitative estimate of drug-likeness (QED) is 0.820. The smallest absolute Gasteiger partial charge is 0.244 e. The SMILES string of the molecule is CC(C)Oc1ccc(CNC(=O)/C=C/c2ccc(F)cc2)cc1. The number of hydrogen-bond donors (Lipinski definition) is 1. The monoisotopic (exact) mass is 313 g/mol. The first-order valence-electron chi connectivity index (χ1n) is 7.50. The third-order valence-electron chi connectivity index (χ3n) is 3.06. The minimum absolute atomic E-state index is 0.136. The Kier molecular flexibility index (Phi) is 5.92. The van der Waals surface area contributed by atoms with Crippen molar-refractivity contribution in [3.63, 3.8) is 0 Å². The summed E-state index contributed by atoms with van der Waals surface area (Å²) in [7, 11) is 0. The van der Waals surface area contributed by atoms with Crippen LogP contribution in [0.2, 0.25) is 0 Å². The lowest BCUT2D eigenvalue weighted by molar-refractivity contribution is -0.116. The van der Waals surface area contributed by atoms with Gasteiger partial charge < -0.3 is 10.1 Å². The molecular formula is C19H20FNO2. The van der Waals surface area contributed by atoms with Crippen LogP contribution in [-0.4, -0.2) is 12.0 Å². The highest BCUT2D eigenvalue weighted by molar-refractivity contribution is 5.91. The molecule has 2 aromatic carbocycles. The molecule has 23 heavy (non-hydrogen) atoms. The maximum absolute atomic E-state index is 12.8. The number of hydrogen-bond acceptors (Lipinski definition) is 2. The third-order valence-corrected chi connectivity index (χ3v) is 3.06. The second-order valence-electron chi connectivity index (χ2n) is 5.41. The van der Waals surface area contributed by atoms with Gasteiger partial charge in [0.2, 0.25) is 5.91 Å². The van der Waals surface area contributed by atoms with E-state index in [1.54, 1.807) is 18.2 Å². The molecule has 1 N–H and O–H groups in total. The Hall–Kier alpha value is -2.62. The summed E-state index contributed by atoms with van der Waals surface area (Å²) in [6.45, 7) is 4.39. The van der Waals surface area contributed by atoms with Crippen LogP contribution in [-0.2, 0) is 11.3 Å². The molecule has 2 rings (SSSR count). The lowest BCUT2D eigenvalue weighted by Gasteiger charge is -2.10. The number of halogens is 1. The summed E-state index contributed by atoms with van der Waals surface area (Å²) >= 11 is 0. The van der Waals surface area contributed by atoms with E-state index in [0.29, 0.717) is 6.54 Å². The molecule has 3 nitrogen and oxygen atoms in total. The first kappa shape index (κ1) is 16.7. The van der Waals surface area contributed by atoms with Crippen LogP contribution >= 0.6 is 0 Å². The Bertz CT molecular complexity index is 661. The molecular weight excluding hydrogens is 293 g/mol. The number of rotatable bonds is 6. The number of carbonyl (C=O) groups is 1. The molecule has 0 aromatic heterocycles.